The van der Waals surface area contributed by atoms with E-state index in [-0.39, 0.29) is 5.82 Å². The SMILES string of the molecule is OC(CCc1cccs1)Cc1ccccc1F. The zero-order valence-electron chi connectivity index (χ0n) is 9.47. The van der Waals surface area contributed by atoms with Crippen molar-refractivity contribution in [1.82, 2.24) is 0 Å². The molecule has 1 unspecified atom stereocenters. The van der Waals surface area contributed by atoms with Gasteiger partial charge in [0.25, 0.3) is 0 Å². The van der Waals surface area contributed by atoms with Crippen LogP contribution in [-0.4, -0.2) is 11.2 Å². The van der Waals surface area contributed by atoms with Gasteiger partial charge in [-0.3, -0.25) is 0 Å². The van der Waals surface area contributed by atoms with Gasteiger partial charge in [0.2, 0.25) is 0 Å². The van der Waals surface area contributed by atoms with Gasteiger partial charge in [0.05, 0.1) is 6.10 Å². The molecule has 0 aliphatic carbocycles. The summed E-state index contributed by atoms with van der Waals surface area (Å²) in [5.41, 5.74) is 0.589. The molecule has 0 bridgehead atoms. The maximum absolute atomic E-state index is 13.4. The number of thiophene rings is 1. The Morgan fingerprint density at radius 3 is 2.71 bits per heavy atom. The fourth-order valence-electron chi connectivity index (χ4n) is 1.78. The van der Waals surface area contributed by atoms with Crippen LogP contribution in [0.1, 0.15) is 16.9 Å². The fraction of sp³-hybridized carbons (Fsp3) is 0.286. The molecule has 1 heterocycles. The molecule has 0 aliphatic heterocycles. The maximum Gasteiger partial charge on any atom is 0.126 e. The summed E-state index contributed by atoms with van der Waals surface area (Å²) in [6, 6.07) is 10.7. The molecule has 0 saturated carbocycles. The minimum Gasteiger partial charge on any atom is -0.393 e. The zero-order chi connectivity index (χ0) is 12.1. The highest BCUT2D eigenvalue weighted by Crippen LogP contribution is 2.15. The number of rotatable bonds is 5. The number of benzene rings is 1. The Morgan fingerprint density at radius 2 is 2.00 bits per heavy atom. The van der Waals surface area contributed by atoms with Crippen LogP contribution in [0.15, 0.2) is 41.8 Å². The van der Waals surface area contributed by atoms with E-state index in [2.05, 4.69) is 6.07 Å². The van der Waals surface area contributed by atoms with Crippen molar-refractivity contribution in [3.63, 3.8) is 0 Å². The lowest BCUT2D eigenvalue weighted by Crippen LogP contribution is -2.12. The highest BCUT2D eigenvalue weighted by atomic mass is 32.1. The summed E-state index contributed by atoms with van der Waals surface area (Å²) in [6.45, 7) is 0. The topological polar surface area (TPSA) is 20.2 Å². The third-order valence-electron chi connectivity index (χ3n) is 2.72. The molecule has 0 fully saturated rings. The Bertz CT molecular complexity index is 453. The molecular formula is C14H15FOS. The lowest BCUT2D eigenvalue weighted by atomic mass is 10.0. The number of aryl methyl sites for hydroxylation is 1. The number of aliphatic hydroxyl groups excluding tert-OH is 1. The predicted molar refractivity (Wildman–Crippen MR) is 68.8 cm³/mol. The molecule has 0 amide bonds. The molecular weight excluding hydrogens is 235 g/mol. The average molecular weight is 250 g/mol. The van der Waals surface area contributed by atoms with Gasteiger partial charge in [-0.05, 0) is 35.9 Å². The number of aliphatic hydroxyl groups is 1. The molecule has 2 rings (SSSR count). The molecule has 0 radical (unpaired) electrons. The first kappa shape index (κ1) is 12.3. The molecule has 0 saturated heterocycles. The Labute approximate surface area is 105 Å². The zero-order valence-corrected chi connectivity index (χ0v) is 10.3. The summed E-state index contributed by atoms with van der Waals surface area (Å²) in [4.78, 5) is 1.26. The van der Waals surface area contributed by atoms with Crippen LogP contribution in [0.2, 0.25) is 0 Å². The van der Waals surface area contributed by atoms with Crippen molar-refractivity contribution in [1.29, 1.82) is 0 Å². The second-order valence-corrected chi connectivity index (χ2v) is 5.10. The lowest BCUT2D eigenvalue weighted by molar-refractivity contribution is 0.164. The van der Waals surface area contributed by atoms with Gasteiger partial charge in [-0.15, -0.1) is 11.3 Å². The van der Waals surface area contributed by atoms with Crippen molar-refractivity contribution in [2.24, 2.45) is 0 Å². The molecule has 1 aromatic carbocycles. The Morgan fingerprint density at radius 1 is 1.18 bits per heavy atom. The monoisotopic (exact) mass is 250 g/mol. The molecule has 1 nitrogen and oxygen atoms in total. The first-order chi connectivity index (χ1) is 8.25. The van der Waals surface area contributed by atoms with Crippen LogP contribution in [0.25, 0.3) is 0 Å². The number of hydrogen-bond acceptors (Lipinski definition) is 2. The molecule has 90 valence electrons. The molecule has 1 N–H and O–H groups in total. The highest BCUT2D eigenvalue weighted by Gasteiger charge is 2.09. The van der Waals surface area contributed by atoms with E-state index in [1.54, 1.807) is 29.5 Å². The van der Waals surface area contributed by atoms with Crippen molar-refractivity contribution in [3.05, 3.63) is 58.0 Å². The predicted octanol–water partition coefficient (Wildman–Crippen LogP) is 3.42. The van der Waals surface area contributed by atoms with Crippen LogP contribution in [0, 0.1) is 5.82 Å². The second-order valence-electron chi connectivity index (χ2n) is 4.07. The van der Waals surface area contributed by atoms with Gasteiger partial charge in [0, 0.05) is 11.3 Å². The third-order valence-corrected chi connectivity index (χ3v) is 3.65. The average Bonchev–Trinajstić information content (AvgIpc) is 2.82. The van der Waals surface area contributed by atoms with Gasteiger partial charge in [0.15, 0.2) is 0 Å². The normalized spacial score (nSPS) is 12.6. The summed E-state index contributed by atoms with van der Waals surface area (Å²) in [6.07, 6.45) is 1.44. The van der Waals surface area contributed by atoms with E-state index < -0.39 is 6.10 Å². The standard InChI is InChI=1S/C14H15FOS/c15-14-6-2-1-4-11(14)10-12(16)7-8-13-5-3-9-17-13/h1-6,9,12,16H,7-8,10H2. The summed E-state index contributed by atoms with van der Waals surface area (Å²) in [5.74, 6) is -0.234. The third kappa shape index (κ3) is 3.65. The van der Waals surface area contributed by atoms with Gasteiger partial charge < -0.3 is 5.11 Å². The second kappa shape index (κ2) is 5.94. The van der Waals surface area contributed by atoms with Crippen LogP contribution in [0.5, 0.6) is 0 Å². The Balaban J connectivity index is 1.85. The molecule has 1 aromatic heterocycles. The summed E-state index contributed by atoms with van der Waals surface area (Å²) < 4.78 is 13.4. The van der Waals surface area contributed by atoms with E-state index in [0.29, 0.717) is 18.4 Å². The molecule has 0 aliphatic rings. The van der Waals surface area contributed by atoms with Crippen LogP contribution >= 0.6 is 11.3 Å². The maximum atomic E-state index is 13.4. The van der Waals surface area contributed by atoms with E-state index in [9.17, 15) is 9.50 Å². The van der Waals surface area contributed by atoms with Crippen LogP contribution in [0.4, 0.5) is 4.39 Å². The molecule has 0 spiro atoms. The highest BCUT2D eigenvalue weighted by molar-refractivity contribution is 7.09. The van der Waals surface area contributed by atoms with Crippen molar-refractivity contribution in [3.8, 4) is 0 Å². The van der Waals surface area contributed by atoms with Crippen molar-refractivity contribution < 1.29 is 9.50 Å². The van der Waals surface area contributed by atoms with E-state index in [4.69, 9.17) is 0 Å². The van der Waals surface area contributed by atoms with Crippen molar-refractivity contribution in [2.45, 2.75) is 25.4 Å². The van der Waals surface area contributed by atoms with Gasteiger partial charge >= 0.3 is 0 Å². The molecule has 1 atom stereocenters. The number of hydrogen-bond donors (Lipinski definition) is 1. The van der Waals surface area contributed by atoms with Crippen molar-refractivity contribution >= 4 is 11.3 Å². The van der Waals surface area contributed by atoms with Gasteiger partial charge in [-0.25, -0.2) is 4.39 Å². The molecule has 17 heavy (non-hydrogen) atoms. The Kier molecular flexibility index (Phi) is 4.29. The van der Waals surface area contributed by atoms with E-state index in [1.807, 2.05) is 11.4 Å². The fourth-order valence-corrected chi connectivity index (χ4v) is 2.51. The lowest BCUT2D eigenvalue weighted by Gasteiger charge is -2.10. The van der Waals surface area contributed by atoms with Crippen LogP contribution in [-0.2, 0) is 12.8 Å². The van der Waals surface area contributed by atoms with E-state index in [1.165, 1.54) is 10.9 Å². The quantitative estimate of drug-likeness (QED) is 0.862. The van der Waals surface area contributed by atoms with Gasteiger partial charge in [0.1, 0.15) is 5.82 Å². The minimum absolute atomic E-state index is 0.234. The van der Waals surface area contributed by atoms with Crippen LogP contribution < -0.4 is 0 Å². The van der Waals surface area contributed by atoms with Crippen molar-refractivity contribution in [2.75, 3.05) is 0 Å². The first-order valence-electron chi connectivity index (χ1n) is 5.69. The van der Waals surface area contributed by atoms with Crippen LogP contribution in [0.3, 0.4) is 0 Å². The smallest absolute Gasteiger partial charge is 0.126 e. The van der Waals surface area contributed by atoms with E-state index in [0.717, 1.165) is 6.42 Å². The summed E-state index contributed by atoms with van der Waals surface area (Å²) in [5, 5.41) is 11.9. The molecule has 2 aromatic rings. The Hall–Kier alpha value is -1.19. The first-order valence-corrected chi connectivity index (χ1v) is 6.57. The minimum atomic E-state index is -0.478. The summed E-state index contributed by atoms with van der Waals surface area (Å²) in [7, 11) is 0. The molecule has 3 heteroatoms. The largest absolute Gasteiger partial charge is 0.393 e. The van der Waals surface area contributed by atoms with Gasteiger partial charge in [-0.2, -0.15) is 0 Å². The summed E-state index contributed by atoms with van der Waals surface area (Å²) >= 11 is 1.69. The van der Waals surface area contributed by atoms with Gasteiger partial charge in [-0.1, -0.05) is 24.3 Å². The van der Waals surface area contributed by atoms with E-state index >= 15 is 0 Å². The number of halogens is 1.